The lowest BCUT2D eigenvalue weighted by Crippen LogP contribution is -2.44. The lowest BCUT2D eigenvalue weighted by molar-refractivity contribution is 0.0292. The van der Waals surface area contributed by atoms with E-state index < -0.39 is 0 Å². The highest BCUT2D eigenvalue weighted by atomic mass is 16.6. The standard InChI is InChI=1S/C10H18N2O2/c1-11-10(13)14-9-5-7-3-4-8(6-9)12(7)2/h7-9H,3-6H2,1-2H3,(H,11,13)/t7-,8+,9?. The summed E-state index contributed by atoms with van der Waals surface area (Å²) in [6.07, 6.45) is 4.35. The summed E-state index contributed by atoms with van der Waals surface area (Å²) < 4.78 is 5.29. The third-order valence-electron chi connectivity index (χ3n) is 3.53. The molecule has 3 atom stereocenters. The average Bonchev–Trinajstić information content (AvgIpc) is 2.42. The van der Waals surface area contributed by atoms with E-state index in [1.807, 2.05) is 0 Å². The van der Waals surface area contributed by atoms with Gasteiger partial charge in [0.2, 0.25) is 0 Å². The summed E-state index contributed by atoms with van der Waals surface area (Å²) in [5.41, 5.74) is 0. The van der Waals surface area contributed by atoms with Gasteiger partial charge in [0.1, 0.15) is 6.10 Å². The third kappa shape index (κ3) is 1.71. The molecule has 80 valence electrons. The molecule has 2 saturated heterocycles. The van der Waals surface area contributed by atoms with Crippen molar-refractivity contribution in [2.24, 2.45) is 0 Å². The molecule has 2 heterocycles. The predicted octanol–water partition coefficient (Wildman–Crippen LogP) is 0.968. The minimum Gasteiger partial charge on any atom is -0.446 e. The summed E-state index contributed by atoms with van der Waals surface area (Å²) in [6, 6.07) is 1.26. The molecule has 0 aromatic heterocycles. The van der Waals surface area contributed by atoms with E-state index in [9.17, 15) is 4.79 Å². The zero-order valence-electron chi connectivity index (χ0n) is 8.82. The maximum atomic E-state index is 11.0. The van der Waals surface area contributed by atoms with Gasteiger partial charge in [-0.15, -0.1) is 0 Å². The highest BCUT2D eigenvalue weighted by Gasteiger charge is 2.39. The normalized spacial score (nSPS) is 36.9. The second-order valence-electron chi connectivity index (χ2n) is 4.30. The number of carbonyl (C=O) groups is 1. The number of fused-ring (bicyclic) bond motifs is 2. The van der Waals surface area contributed by atoms with E-state index in [4.69, 9.17) is 4.74 Å². The molecule has 0 aliphatic carbocycles. The molecule has 2 bridgehead atoms. The van der Waals surface area contributed by atoms with Crippen molar-refractivity contribution in [3.63, 3.8) is 0 Å². The SMILES string of the molecule is CNC(=O)OC1C[C@H]2CC[C@@H](C1)N2C. The second-order valence-corrected chi connectivity index (χ2v) is 4.30. The minimum atomic E-state index is -0.293. The molecular formula is C10H18N2O2. The molecule has 2 aliphatic rings. The lowest BCUT2D eigenvalue weighted by atomic mass is 10.0. The Morgan fingerprint density at radius 3 is 2.43 bits per heavy atom. The fourth-order valence-corrected chi connectivity index (χ4v) is 2.67. The first-order valence-corrected chi connectivity index (χ1v) is 5.31. The van der Waals surface area contributed by atoms with Crippen molar-refractivity contribution in [3.8, 4) is 0 Å². The Kier molecular flexibility index (Phi) is 2.63. The van der Waals surface area contributed by atoms with Crippen LogP contribution in [0.25, 0.3) is 0 Å². The van der Waals surface area contributed by atoms with Crippen LogP contribution in [0.3, 0.4) is 0 Å². The maximum Gasteiger partial charge on any atom is 0.407 e. The Morgan fingerprint density at radius 2 is 1.93 bits per heavy atom. The highest BCUT2D eigenvalue weighted by Crippen LogP contribution is 2.35. The molecule has 4 heteroatoms. The van der Waals surface area contributed by atoms with Crippen LogP contribution >= 0.6 is 0 Å². The molecule has 14 heavy (non-hydrogen) atoms. The van der Waals surface area contributed by atoms with Crippen LogP contribution in [-0.2, 0) is 4.74 Å². The average molecular weight is 198 g/mol. The summed E-state index contributed by atoms with van der Waals surface area (Å²) >= 11 is 0. The number of carbonyl (C=O) groups excluding carboxylic acids is 1. The van der Waals surface area contributed by atoms with E-state index in [1.165, 1.54) is 12.8 Å². The number of ether oxygens (including phenoxy) is 1. The van der Waals surface area contributed by atoms with Gasteiger partial charge in [0.25, 0.3) is 0 Å². The summed E-state index contributed by atoms with van der Waals surface area (Å²) in [7, 11) is 3.78. The van der Waals surface area contributed by atoms with Crippen LogP contribution in [0.2, 0.25) is 0 Å². The van der Waals surface area contributed by atoms with Gasteiger partial charge in [0.15, 0.2) is 0 Å². The van der Waals surface area contributed by atoms with Crippen molar-refractivity contribution >= 4 is 6.09 Å². The first-order valence-electron chi connectivity index (χ1n) is 5.31. The van der Waals surface area contributed by atoms with E-state index in [1.54, 1.807) is 7.05 Å². The smallest absolute Gasteiger partial charge is 0.407 e. The Morgan fingerprint density at radius 1 is 1.36 bits per heavy atom. The number of nitrogens with zero attached hydrogens (tertiary/aromatic N) is 1. The van der Waals surface area contributed by atoms with Crippen LogP contribution in [0.1, 0.15) is 25.7 Å². The second kappa shape index (κ2) is 3.77. The molecule has 0 radical (unpaired) electrons. The fourth-order valence-electron chi connectivity index (χ4n) is 2.67. The molecule has 2 aliphatic heterocycles. The van der Waals surface area contributed by atoms with Gasteiger partial charge in [-0.25, -0.2) is 4.79 Å². The number of alkyl carbamates (subject to hydrolysis) is 1. The quantitative estimate of drug-likeness (QED) is 0.682. The van der Waals surface area contributed by atoms with Gasteiger partial charge in [-0.05, 0) is 19.9 Å². The molecule has 1 amide bonds. The van der Waals surface area contributed by atoms with Crippen molar-refractivity contribution < 1.29 is 9.53 Å². The van der Waals surface area contributed by atoms with Gasteiger partial charge in [-0.2, -0.15) is 0 Å². The Bertz CT molecular complexity index is 218. The molecule has 1 N–H and O–H groups in total. The molecule has 0 spiro atoms. The lowest BCUT2D eigenvalue weighted by Gasteiger charge is -2.35. The van der Waals surface area contributed by atoms with Gasteiger partial charge in [0, 0.05) is 32.0 Å². The van der Waals surface area contributed by atoms with Crippen molar-refractivity contribution in [2.75, 3.05) is 14.1 Å². The third-order valence-corrected chi connectivity index (χ3v) is 3.53. The Labute approximate surface area is 84.6 Å². The van der Waals surface area contributed by atoms with Gasteiger partial charge < -0.3 is 15.0 Å². The molecule has 4 nitrogen and oxygen atoms in total. The van der Waals surface area contributed by atoms with Crippen LogP contribution in [0.15, 0.2) is 0 Å². The molecule has 2 fully saturated rings. The molecule has 2 rings (SSSR count). The number of hydrogen-bond acceptors (Lipinski definition) is 3. The van der Waals surface area contributed by atoms with Crippen LogP contribution < -0.4 is 5.32 Å². The number of hydrogen-bond donors (Lipinski definition) is 1. The van der Waals surface area contributed by atoms with Gasteiger partial charge >= 0.3 is 6.09 Å². The van der Waals surface area contributed by atoms with Crippen molar-refractivity contribution in [1.82, 2.24) is 10.2 Å². The summed E-state index contributed by atoms with van der Waals surface area (Å²) in [5.74, 6) is 0. The van der Waals surface area contributed by atoms with Crippen molar-refractivity contribution in [1.29, 1.82) is 0 Å². The van der Waals surface area contributed by atoms with Crippen LogP contribution in [0.4, 0.5) is 4.79 Å². The highest BCUT2D eigenvalue weighted by molar-refractivity contribution is 5.66. The van der Waals surface area contributed by atoms with Crippen LogP contribution in [-0.4, -0.2) is 43.3 Å². The monoisotopic (exact) mass is 198 g/mol. The zero-order chi connectivity index (χ0) is 10.1. The van der Waals surface area contributed by atoms with E-state index in [-0.39, 0.29) is 12.2 Å². The van der Waals surface area contributed by atoms with E-state index in [2.05, 4.69) is 17.3 Å². The zero-order valence-corrected chi connectivity index (χ0v) is 8.82. The molecule has 1 unspecified atom stereocenters. The number of piperidine rings is 1. The maximum absolute atomic E-state index is 11.0. The molecular weight excluding hydrogens is 180 g/mol. The molecule has 0 aromatic rings. The summed E-state index contributed by atoms with van der Waals surface area (Å²) in [6.45, 7) is 0. The van der Waals surface area contributed by atoms with E-state index in [0.29, 0.717) is 12.1 Å². The number of amides is 1. The Balaban J connectivity index is 1.90. The predicted molar refractivity (Wildman–Crippen MR) is 53.1 cm³/mol. The minimum absolute atomic E-state index is 0.128. The van der Waals surface area contributed by atoms with Crippen LogP contribution in [0, 0.1) is 0 Å². The molecule has 0 aromatic carbocycles. The fraction of sp³-hybridized carbons (Fsp3) is 0.900. The van der Waals surface area contributed by atoms with Gasteiger partial charge in [0.05, 0.1) is 0 Å². The van der Waals surface area contributed by atoms with Crippen molar-refractivity contribution in [2.45, 2.75) is 43.9 Å². The largest absolute Gasteiger partial charge is 0.446 e. The summed E-state index contributed by atoms with van der Waals surface area (Å²) in [4.78, 5) is 13.5. The van der Waals surface area contributed by atoms with Crippen LogP contribution in [0.5, 0.6) is 0 Å². The topological polar surface area (TPSA) is 41.6 Å². The Hall–Kier alpha value is -0.770. The number of rotatable bonds is 1. The molecule has 0 saturated carbocycles. The van der Waals surface area contributed by atoms with Gasteiger partial charge in [-0.3, -0.25) is 0 Å². The van der Waals surface area contributed by atoms with Gasteiger partial charge in [-0.1, -0.05) is 0 Å². The summed E-state index contributed by atoms with van der Waals surface area (Å²) in [5, 5.41) is 2.50. The first kappa shape index (κ1) is 9.77. The van der Waals surface area contributed by atoms with E-state index in [0.717, 1.165) is 12.8 Å². The number of nitrogens with one attached hydrogen (secondary N) is 1. The van der Waals surface area contributed by atoms with Crippen molar-refractivity contribution in [3.05, 3.63) is 0 Å². The first-order chi connectivity index (χ1) is 6.70. The van der Waals surface area contributed by atoms with E-state index >= 15 is 0 Å².